The van der Waals surface area contributed by atoms with Gasteiger partial charge in [0.2, 0.25) is 5.91 Å². The molecule has 0 atom stereocenters. The van der Waals surface area contributed by atoms with Crippen molar-refractivity contribution in [2.24, 2.45) is 0 Å². The van der Waals surface area contributed by atoms with Gasteiger partial charge in [0.1, 0.15) is 0 Å². The van der Waals surface area contributed by atoms with Crippen LogP contribution in [0.15, 0.2) is 30.5 Å². The first-order valence-electron chi connectivity index (χ1n) is 6.68. The molecule has 2 rings (SSSR count). The number of rotatable bonds is 6. The van der Waals surface area contributed by atoms with E-state index < -0.39 is 0 Å². The van der Waals surface area contributed by atoms with Crippen LogP contribution in [-0.4, -0.2) is 29.9 Å². The van der Waals surface area contributed by atoms with Gasteiger partial charge in [-0.15, -0.1) is 11.3 Å². The van der Waals surface area contributed by atoms with E-state index in [1.54, 1.807) is 25.2 Å². The Bertz CT molecular complexity index is 595. The lowest BCUT2D eigenvalue weighted by atomic mass is 10.1. The summed E-state index contributed by atoms with van der Waals surface area (Å²) in [7, 11) is 3.56. The van der Waals surface area contributed by atoms with Gasteiger partial charge in [-0.25, -0.2) is 4.98 Å². The van der Waals surface area contributed by atoms with Crippen molar-refractivity contribution in [2.75, 3.05) is 19.4 Å². The third-order valence-electron chi connectivity index (χ3n) is 3.07. The largest absolute Gasteiger partial charge is 0.380 e. The van der Waals surface area contributed by atoms with Crippen LogP contribution < -0.4 is 5.32 Å². The van der Waals surface area contributed by atoms with Gasteiger partial charge in [0.05, 0.1) is 6.54 Å². The predicted octanol–water partition coefficient (Wildman–Crippen LogP) is 3.43. The summed E-state index contributed by atoms with van der Waals surface area (Å²) in [5, 5.41) is 3.32. The van der Waals surface area contributed by atoms with Crippen molar-refractivity contribution in [3.05, 3.63) is 45.4 Å². The summed E-state index contributed by atoms with van der Waals surface area (Å²) in [5.74, 6) is 0.152. The molecule has 1 amide bonds. The molecule has 0 saturated carbocycles. The van der Waals surface area contributed by atoms with Gasteiger partial charge in [-0.2, -0.15) is 0 Å². The molecule has 1 heterocycles. The molecule has 0 aliphatic heterocycles. The van der Waals surface area contributed by atoms with Crippen molar-refractivity contribution in [2.45, 2.75) is 19.4 Å². The lowest BCUT2D eigenvalue weighted by Gasteiger charge is -2.10. The second kappa shape index (κ2) is 7.43. The number of thiazole rings is 1. The van der Waals surface area contributed by atoms with Crippen molar-refractivity contribution in [1.82, 2.24) is 9.88 Å². The number of nitrogens with one attached hydrogen (secondary N) is 1. The van der Waals surface area contributed by atoms with Gasteiger partial charge >= 0.3 is 0 Å². The zero-order chi connectivity index (χ0) is 15.2. The maximum absolute atomic E-state index is 11.5. The lowest BCUT2D eigenvalue weighted by molar-refractivity contribution is -0.128. The number of carbonyl (C=O) groups is 1. The standard InChI is InChI=1S/C15H18ClN3OS/c1-19(2)14(20)8-5-11-3-6-12(7-4-11)17-9-13-10-18-15(16)21-13/h3-4,6-7,10,17H,5,8-9H2,1-2H3. The van der Waals surface area contributed by atoms with Gasteiger partial charge in [-0.3, -0.25) is 4.79 Å². The Kier molecular flexibility index (Phi) is 5.59. The van der Waals surface area contributed by atoms with Crippen LogP contribution in [0.3, 0.4) is 0 Å². The number of amides is 1. The summed E-state index contributed by atoms with van der Waals surface area (Å²) in [5.41, 5.74) is 2.21. The van der Waals surface area contributed by atoms with E-state index in [2.05, 4.69) is 10.3 Å². The molecule has 1 aromatic heterocycles. The Labute approximate surface area is 133 Å². The van der Waals surface area contributed by atoms with Gasteiger partial charge in [-0.05, 0) is 24.1 Å². The number of anilines is 1. The molecular formula is C15H18ClN3OS. The van der Waals surface area contributed by atoms with Gasteiger partial charge in [0.15, 0.2) is 4.47 Å². The highest BCUT2D eigenvalue weighted by molar-refractivity contribution is 7.15. The van der Waals surface area contributed by atoms with Crippen molar-refractivity contribution < 1.29 is 4.79 Å². The normalized spacial score (nSPS) is 10.4. The third-order valence-corrected chi connectivity index (χ3v) is 4.19. The van der Waals surface area contributed by atoms with Crippen molar-refractivity contribution in [3.8, 4) is 0 Å². The Morgan fingerprint density at radius 3 is 2.62 bits per heavy atom. The van der Waals surface area contributed by atoms with E-state index in [0.29, 0.717) is 17.4 Å². The van der Waals surface area contributed by atoms with E-state index in [4.69, 9.17) is 11.6 Å². The number of hydrogen-bond acceptors (Lipinski definition) is 4. The summed E-state index contributed by atoms with van der Waals surface area (Å²) >= 11 is 7.27. The molecule has 0 aliphatic carbocycles. The second-order valence-corrected chi connectivity index (χ2v) is 6.62. The first-order chi connectivity index (χ1) is 10.0. The number of aryl methyl sites for hydroxylation is 1. The maximum atomic E-state index is 11.5. The SMILES string of the molecule is CN(C)C(=O)CCc1ccc(NCc2cnc(Cl)s2)cc1. The second-order valence-electron chi connectivity index (χ2n) is 4.92. The molecule has 0 fully saturated rings. The maximum Gasteiger partial charge on any atom is 0.222 e. The number of nitrogens with zero attached hydrogens (tertiary/aromatic N) is 2. The highest BCUT2D eigenvalue weighted by Gasteiger charge is 2.04. The third kappa shape index (κ3) is 5.02. The molecule has 4 nitrogen and oxygen atoms in total. The zero-order valence-electron chi connectivity index (χ0n) is 12.1. The van der Waals surface area contributed by atoms with Crippen LogP contribution in [-0.2, 0) is 17.8 Å². The van der Waals surface area contributed by atoms with E-state index >= 15 is 0 Å². The Balaban J connectivity index is 1.83. The van der Waals surface area contributed by atoms with Crippen LogP contribution >= 0.6 is 22.9 Å². The fraction of sp³-hybridized carbons (Fsp3) is 0.333. The van der Waals surface area contributed by atoms with Gasteiger partial charge < -0.3 is 10.2 Å². The molecule has 1 N–H and O–H groups in total. The number of hydrogen-bond donors (Lipinski definition) is 1. The highest BCUT2D eigenvalue weighted by Crippen LogP contribution is 2.19. The molecule has 0 aliphatic rings. The number of benzene rings is 1. The summed E-state index contributed by atoms with van der Waals surface area (Å²) in [6.07, 6.45) is 3.09. The van der Waals surface area contributed by atoms with E-state index in [0.717, 1.165) is 22.5 Å². The minimum atomic E-state index is 0.152. The van der Waals surface area contributed by atoms with Crippen molar-refractivity contribution >= 4 is 34.5 Å². The summed E-state index contributed by atoms with van der Waals surface area (Å²) < 4.78 is 0.563. The average molecular weight is 324 g/mol. The summed E-state index contributed by atoms with van der Waals surface area (Å²) in [4.78, 5) is 18.3. The summed E-state index contributed by atoms with van der Waals surface area (Å²) in [6, 6.07) is 8.14. The fourth-order valence-corrected chi connectivity index (χ4v) is 2.74. The number of aromatic nitrogens is 1. The molecule has 0 radical (unpaired) electrons. The van der Waals surface area contributed by atoms with E-state index in [-0.39, 0.29) is 5.91 Å². The van der Waals surface area contributed by atoms with Crippen molar-refractivity contribution in [3.63, 3.8) is 0 Å². The molecule has 6 heteroatoms. The smallest absolute Gasteiger partial charge is 0.222 e. The monoisotopic (exact) mass is 323 g/mol. The summed E-state index contributed by atoms with van der Waals surface area (Å²) in [6.45, 7) is 0.711. The molecule has 112 valence electrons. The molecule has 0 saturated heterocycles. The zero-order valence-corrected chi connectivity index (χ0v) is 13.7. The molecule has 0 unspecified atom stereocenters. The first kappa shape index (κ1) is 15.8. The Hall–Kier alpha value is -1.59. The van der Waals surface area contributed by atoms with Crippen LogP contribution in [0.2, 0.25) is 4.47 Å². The molecule has 21 heavy (non-hydrogen) atoms. The van der Waals surface area contributed by atoms with E-state index in [9.17, 15) is 4.79 Å². The highest BCUT2D eigenvalue weighted by atomic mass is 35.5. The average Bonchev–Trinajstić information content (AvgIpc) is 2.89. The molecule has 2 aromatic rings. The molecule has 0 bridgehead atoms. The van der Waals surface area contributed by atoms with E-state index in [1.807, 2.05) is 24.3 Å². The topological polar surface area (TPSA) is 45.2 Å². The number of carbonyl (C=O) groups excluding carboxylic acids is 1. The number of halogens is 1. The molecular weight excluding hydrogens is 306 g/mol. The van der Waals surface area contributed by atoms with Crippen LogP contribution in [0.5, 0.6) is 0 Å². The van der Waals surface area contributed by atoms with Gasteiger partial charge in [-0.1, -0.05) is 23.7 Å². The Morgan fingerprint density at radius 2 is 2.05 bits per heavy atom. The Morgan fingerprint density at radius 1 is 1.33 bits per heavy atom. The van der Waals surface area contributed by atoms with Gasteiger partial charge in [0, 0.05) is 37.3 Å². The van der Waals surface area contributed by atoms with Crippen LogP contribution in [0.25, 0.3) is 0 Å². The van der Waals surface area contributed by atoms with Crippen LogP contribution in [0.1, 0.15) is 16.9 Å². The minimum absolute atomic E-state index is 0.152. The minimum Gasteiger partial charge on any atom is -0.380 e. The van der Waals surface area contributed by atoms with Crippen molar-refractivity contribution in [1.29, 1.82) is 0 Å². The van der Waals surface area contributed by atoms with Gasteiger partial charge in [0.25, 0.3) is 0 Å². The predicted molar refractivity (Wildman–Crippen MR) is 87.9 cm³/mol. The fourth-order valence-electron chi connectivity index (χ4n) is 1.82. The quantitative estimate of drug-likeness (QED) is 0.886. The van der Waals surface area contributed by atoms with Crippen LogP contribution in [0, 0.1) is 0 Å². The molecule has 0 spiro atoms. The lowest BCUT2D eigenvalue weighted by Crippen LogP contribution is -2.21. The van der Waals surface area contributed by atoms with E-state index in [1.165, 1.54) is 11.3 Å². The van der Waals surface area contributed by atoms with Crippen LogP contribution in [0.4, 0.5) is 5.69 Å². The molecule has 1 aromatic carbocycles. The first-order valence-corrected chi connectivity index (χ1v) is 7.87.